The molecule has 0 spiro atoms. The number of hydrogen-bond donors (Lipinski definition) is 2. The van der Waals surface area contributed by atoms with Gasteiger partial charge in [0.2, 0.25) is 5.91 Å². The maximum Gasteiger partial charge on any atom is 0.344 e. The number of aromatic hydroxyl groups is 1. The van der Waals surface area contributed by atoms with E-state index in [1.54, 1.807) is 24.3 Å². The van der Waals surface area contributed by atoms with Crippen molar-refractivity contribution in [3.8, 4) is 17.2 Å². The van der Waals surface area contributed by atoms with Crippen molar-refractivity contribution >= 4 is 28.9 Å². The summed E-state index contributed by atoms with van der Waals surface area (Å²) < 4.78 is 11.5. The number of hydrogen-bond acceptors (Lipinski definition) is 6. The molecule has 0 saturated carbocycles. The number of carbonyl (C=O) groups excluding carboxylic acids is 2. The van der Waals surface area contributed by atoms with Crippen molar-refractivity contribution in [3.63, 3.8) is 0 Å². The molecule has 0 radical (unpaired) electrons. The van der Waals surface area contributed by atoms with Crippen molar-refractivity contribution in [1.82, 2.24) is 5.43 Å². The lowest BCUT2D eigenvalue weighted by molar-refractivity contribution is -0.121. The fourth-order valence-electron chi connectivity index (χ4n) is 4.99. The smallest absolute Gasteiger partial charge is 0.344 e. The quantitative estimate of drug-likeness (QED) is 0.0891. The summed E-state index contributed by atoms with van der Waals surface area (Å²) in [6, 6.07) is 22.2. The number of rotatable bonds is 9. The van der Waals surface area contributed by atoms with Crippen LogP contribution in [0.5, 0.6) is 17.2 Å². The average molecular weight is 595 g/mol. The van der Waals surface area contributed by atoms with Crippen molar-refractivity contribution in [2.24, 2.45) is 5.10 Å². The van der Waals surface area contributed by atoms with Crippen molar-refractivity contribution in [3.05, 3.63) is 101 Å². The van der Waals surface area contributed by atoms with E-state index < -0.39 is 5.97 Å². The van der Waals surface area contributed by atoms with E-state index in [1.807, 2.05) is 55.5 Å². The first-order valence-electron chi connectivity index (χ1n) is 14.9. The molecule has 0 aliphatic heterocycles. The Balaban J connectivity index is 1.42. The molecule has 4 aromatic rings. The first-order chi connectivity index (χ1) is 20.8. The number of fused-ring (bicyclic) bond motifs is 1. The molecule has 0 saturated heterocycles. The Bertz CT molecular complexity index is 1650. The Labute approximate surface area is 259 Å². The highest BCUT2D eigenvalue weighted by Gasteiger charge is 2.26. The van der Waals surface area contributed by atoms with Crippen LogP contribution in [0.1, 0.15) is 87.5 Å². The fraction of sp³-hybridized carbons (Fsp3) is 0.324. The minimum Gasteiger partial charge on any atom is -0.507 e. The van der Waals surface area contributed by atoms with Gasteiger partial charge in [-0.1, -0.05) is 90.1 Å². The molecule has 0 fully saturated rings. The number of esters is 1. The first kappa shape index (κ1) is 32.3. The van der Waals surface area contributed by atoms with Gasteiger partial charge in [0.15, 0.2) is 11.5 Å². The highest BCUT2D eigenvalue weighted by atomic mass is 16.6. The van der Waals surface area contributed by atoms with Gasteiger partial charge in [-0.3, -0.25) is 4.79 Å². The van der Waals surface area contributed by atoms with E-state index in [9.17, 15) is 14.7 Å². The summed E-state index contributed by atoms with van der Waals surface area (Å²) in [6.45, 7) is 14.6. The van der Waals surface area contributed by atoms with Crippen LogP contribution in [-0.4, -0.2) is 29.8 Å². The summed E-state index contributed by atoms with van der Waals surface area (Å²) in [5.74, 6) is 0.310. The Hall–Kier alpha value is -4.65. The molecule has 0 atom stereocenters. The summed E-state index contributed by atoms with van der Waals surface area (Å²) in [4.78, 5) is 25.7. The number of nitrogens with one attached hydrogen (secondary N) is 1. The molecule has 0 aliphatic carbocycles. The summed E-state index contributed by atoms with van der Waals surface area (Å²) in [6.07, 6.45) is 2.27. The van der Waals surface area contributed by atoms with Crippen LogP contribution in [0.2, 0.25) is 0 Å². The van der Waals surface area contributed by atoms with Gasteiger partial charge in [-0.2, -0.15) is 5.10 Å². The molecule has 230 valence electrons. The number of phenolic OH excluding ortho intramolecular Hbond substituents is 1. The van der Waals surface area contributed by atoms with Crippen molar-refractivity contribution < 1.29 is 24.2 Å². The van der Waals surface area contributed by atoms with Crippen LogP contribution in [0.15, 0.2) is 77.9 Å². The Kier molecular flexibility index (Phi) is 9.78. The van der Waals surface area contributed by atoms with Gasteiger partial charge in [0.25, 0.3) is 0 Å². The molecular weight excluding hydrogens is 552 g/mol. The second kappa shape index (κ2) is 13.3. The number of benzene rings is 4. The molecule has 1 amide bonds. The molecule has 0 bridgehead atoms. The Morgan fingerprint density at radius 3 is 2.18 bits per heavy atom. The zero-order valence-electron chi connectivity index (χ0n) is 26.7. The topological polar surface area (TPSA) is 97.2 Å². The van der Waals surface area contributed by atoms with Crippen LogP contribution in [0, 0.1) is 0 Å². The van der Waals surface area contributed by atoms with Gasteiger partial charge in [-0.05, 0) is 81.5 Å². The van der Waals surface area contributed by atoms with Crippen LogP contribution in [0.4, 0.5) is 0 Å². The predicted molar refractivity (Wildman–Crippen MR) is 176 cm³/mol. The van der Waals surface area contributed by atoms with E-state index in [0.29, 0.717) is 41.4 Å². The van der Waals surface area contributed by atoms with Gasteiger partial charge in [-0.15, -0.1) is 0 Å². The largest absolute Gasteiger partial charge is 0.507 e. The second-order valence-corrected chi connectivity index (χ2v) is 12.9. The first-order valence-corrected chi connectivity index (χ1v) is 14.9. The van der Waals surface area contributed by atoms with Crippen molar-refractivity contribution in [2.45, 2.75) is 72.1 Å². The Morgan fingerprint density at radius 2 is 1.52 bits per heavy atom. The molecule has 0 aliphatic rings. The molecule has 0 unspecified atom stereocenters. The van der Waals surface area contributed by atoms with Gasteiger partial charge in [0, 0.05) is 6.42 Å². The number of amides is 1. The lowest BCUT2D eigenvalue weighted by Gasteiger charge is -2.28. The monoisotopic (exact) mass is 594 g/mol. The zero-order chi connectivity index (χ0) is 32.1. The highest BCUT2D eigenvalue weighted by Crippen LogP contribution is 2.40. The van der Waals surface area contributed by atoms with E-state index in [-0.39, 0.29) is 23.2 Å². The highest BCUT2D eigenvalue weighted by molar-refractivity contribution is 6.05. The zero-order valence-corrected chi connectivity index (χ0v) is 26.7. The van der Waals surface area contributed by atoms with E-state index in [0.717, 1.165) is 27.5 Å². The third-order valence-electron chi connectivity index (χ3n) is 7.31. The standard InChI is InChI=1S/C37H42N2O5/c1-8-43-32-22-25(16-18-31(32)44-35(42)28-15-11-13-26-12-9-10-14-27(26)28)23-38-39-33(40)19-17-24-20-29(36(2,3)4)34(41)30(21-24)37(5,6)7/h9-16,18,20-23,41H,8,17,19H2,1-7H3,(H,39,40)/b38-23-. The van der Waals surface area contributed by atoms with Crippen LogP contribution in [0.3, 0.4) is 0 Å². The van der Waals surface area contributed by atoms with Gasteiger partial charge >= 0.3 is 5.97 Å². The number of ether oxygens (including phenoxy) is 2. The Morgan fingerprint density at radius 1 is 0.864 bits per heavy atom. The van der Waals surface area contributed by atoms with Gasteiger partial charge in [0.1, 0.15) is 5.75 Å². The minimum atomic E-state index is -0.477. The third kappa shape index (κ3) is 7.84. The normalized spacial score (nSPS) is 12.0. The van der Waals surface area contributed by atoms with E-state index in [2.05, 4.69) is 52.1 Å². The summed E-state index contributed by atoms with van der Waals surface area (Å²) in [5.41, 5.74) is 5.98. The number of nitrogens with zero attached hydrogens (tertiary/aromatic N) is 1. The molecule has 7 heteroatoms. The number of hydrazone groups is 1. The maximum absolute atomic E-state index is 13.1. The minimum absolute atomic E-state index is 0.227. The van der Waals surface area contributed by atoms with Crippen LogP contribution in [-0.2, 0) is 22.0 Å². The molecular formula is C37H42N2O5. The summed E-state index contributed by atoms with van der Waals surface area (Å²) in [7, 11) is 0. The van der Waals surface area contributed by atoms with Gasteiger partial charge < -0.3 is 14.6 Å². The van der Waals surface area contributed by atoms with E-state index >= 15 is 0 Å². The van der Waals surface area contributed by atoms with Crippen molar-refractivity contribution in [1.29, 1.82) is 0 Å². The number of carbonyl (C=O) groups is 2. The molecule has 4 aromatic carbocycles. The van der Waals surface area contributed by atoms with Crippen molar-refractivity contribution in [2.75, 3.05) is 6.61 Å². The number of aryl methyl sites for hydroxylation is 1. The van der Waals surface area contributed by atoms with E-state index in [4.69, 9.17) is 9.47 Å². The lowest BCUT2D eigenvalue weighted by Crippen LogP contribution is -2.20. The fourth-order valence-corrected chi connectivity index (χ4v) is 4.99. The van der Waals surface area contributed by atoms with Crippen LogP contribution >= 0.6 is 0 Å². The second-order valence-electron chi connectivity index (χ2n) is 12.9. The summed E-state index contributed by atoms with van der Waals surface area (Å²) in [5, 5.41) is 16.8. The van der Waals surface area contributed by atoms with Gasteiger partial charge in [0.05, 0.1) is 18.4 Å². The third-order valence-corrected chi connectivity index (χ3v) is 7.31. The van der Waals surface area contributed by atoms with E-state index in [1.165, 1.54) is 6.21 Å². The molecule has 4 rings (SSSR count). The molecule has 7 nitrogen and oxygen atoms in total. The SMILES string of the molecule is CCOc1cc(/C=N\NC(=O)CCc2cc(C(C)(C)C)c(O)c(C(C)(C)C)c2)ccc1OC(=O)c1cccc2ccccc12. The molecule has 44 heavy (non-hydrogen) atoms. The van der Waals surface area contributed by atoms with Crippen LogP contribution < -0.4 is 14.9 Å². The predicted octanol–water partition coefficient (Wildman–Crippen LogP) is 7.84. The molecule has 0 heterocycles. The molecule has 0 aromatic heterocycles. The molecule has 2 N–H and O–H groups in total. The van der Waals surface area contributed by atoms with Gasteiger partial charge in [-0.25, -0.2) is 10.2 Å². The maximum atomic E-state index is 13.1. The average Bonchev–Trinajstić information content (AvgIpc) is 2.96. The number of phenols is 1. The summed E-state index contributed by atoms with van der Waals surface area (Å²) >= 11 is 0. The lowest BCUT2D eigenvalue weighted by atomic mass is 9.78. The van der Waals surface area contributed by atoms with Crippen LogP contribution in [0.25, 0.3) is 10.8 Å².